The molecule has 0 amide bonds. The molecule has 0 radical (unpaired) electrons. The molecule has 0 saturated carbocycles. The van der Waals surface area contributed by atoms with Crippen molar-refractivity contribution in [2.45, 2.75) is 6.85 Å². The van der Waals surface area contributed by atoms with Crippen molar-refractivity contribution in [3.05, 3.63) is 30.0 Å². The highest BCUT2D eigenvalue weighted by atomic mass is 16.1. The molecule has 2 heteroatoms. The molecule has 9 heavy (non-hydrogen) atoms. The number of Topliss-reactive ketones (excluding diaryl/α,β-unsaturated/α-hetero) is 1. The van der Waals surface area contributed by atoms with E-state index in [9.17, 15) is 4.79 Å². The first kappa shape index (κ1) is 1.90. The molecule has 1 aromatic rings. The second kappa shape index (κ2) is 2.40. The van der Waals surface area contributed by atoms with Gasteiger partial charge in [-0.25, -0.2) is 0 Å². The van der Waals surface area contributed by atoms with Gasteiger partial charge in [0.2, 0.25) is 0 Å². The maximum atomic E-state index is 11.2. The summed E-state index contributed by atoms with van der Waals surface area (Å²) in [7, 11) is 0. The summed E-state index contributed by atoms with van der Waals surface area (Å²) >= 11 is 0. The summed E-state index contributed by atoms with van der Waals surface area (Å²) in [4.78, 5) is 14.6. The van der Waals surface area contributed by atoms with Crippen molar-refractivity contribution in [1.29, 1.82) is 0 Å². The van der Waals surface area contributed by atoms with Crippen molar-refractivity contribution in [1.82, 2.24) is 4.98 Å². The van der Waals surface area contributed by atoms with Crippen LogP contribution in [0.5, 0.6) is 0 Å². The third-order valence-electron chi connectivity index (χ3n) is 0.746. The molecule has 1 heterocycles. The second-order valence-corrected chi connectivity index (χ2v) is 1.35. The Balaban J connectivity index is 3.24. The zero-order valence-corrected chi connectivity index (χ0v) is 4.43. The zero-order chi connectivity index (χ0) is 11.8. The van der Waals surface area contributed by atoms with E-state index >= 15 is 0 Å². The minimum absolute atomic E-state index is 0.386. The van der Waals surface area contributed by atoms with Gasteiger partial charge >= 0.3 is 0 Å². The van der Waals surface area contributed by atoms with Crippen LogP contribution in [0.2, 0.25) is 0 Å². The van der Waals surface area contributed by atoms with Crippen LogP contribution in [0, 0.1) is 0 Å². The molecule has 0 aromatic carbocycles. The summed E-state index contributed by atoms with van der Waals surface area (Å²) in [6, 6.07) is 0.0643. The van der Waals surface area contributed by atoms with Gasteiger partial charge in [-0.2, -0.15) is 0 Å². The number of ketones is 1. The Morgan fingerprint density at radius 3 is 3.44 bits per heavy atom. The van der Waals surface area contributed by atoms with E-state index in [2.05, 4.69) is 4.98 Å². The molecule has 2 nitrogen and oxygen atoms in total. The monoisotopic (exact) mass is 127 g/mol. The molecule has 0 spiro atoms. The largest absolute Gasteiger partial charge is 0.293 e. The summed E-state index contributed by atoms with van der Waals surface area (Å²) in [5.41, 5.74) is -0.471. The van der Waals surface area contributed by atoms with Gasteiger partial charge in [0.25, 0.3) is 0 Å². The summed E-state index contributed by atoms with van der Waals surface area (Å²) in [5, 5.41) is 0. The van der Waals surface area contributed by atoms with Crippen molar-refractivity contribution in [2.75, 3.05) is 0 Å². The van der Waals surface area contributed by atoms with Crippen LogP contribution >= 0.6 is 0 Å². The van der Waals surface area contributed by atoms with Gasteiger partial charge in [0.1, 0.15) is 5.69 Å². The highest BCUT2D eigenvalue weighted by molar-refractivity contribution is 5.91. The summed E-state index contributed by atoms with van der Waals surface area (Å²) < 4.78 is 42.0. The van der Waals surface area contributed by atoms with E-state index in [4.69, 9.17) is 8.22 Å². The van der Waals surface area contributed by atoms with Crippen LogP contribution < -0.4 is 0 Å². The van der Waals surface area contributed by atoms with Crippen LogP contribution in [-0.4, -0.2) is 10.8 Å². The lowest BCUT2D eigenvalue weighted by molar-refractivity contribution is 0.101. The maximum absolute atomic E-state index is 11.2. The lowest BCUT2D eigenvalue weighted by Crippen LogP contribution is -1.93. The van der Waals surface area contributed by atoms with Crippen LogP contribution in [0.15, 0.2) is 24.3 Å². The third-order valence-corrected chi connectivity index (χ3v) is 0.746. The SMILES string of the molecule is [2H]c1cc(C(=O)C([2H])([2H])[2H])nc([2H])c1[2H]. The Morgan fingerprint density at radius 2 is 2.78 bits per heavy atom. The standard InChI is InChI=1S/C7H7NO/c1-6(9)7-4-2-3-5-8-7/h2-5H,1H3/i1D3,2D,3D,5D. The molecular weight excluding hydrogens is 114 g/mol. The lowest BCUT2D eigenvalue weighted by Gasteiger charge is -1.88. The molecule has 1 aromatic heterocycles. The highest BCUT2D eigenvalue weighted by Crippen LogP contribution is 1.92. The number of nitrogens with zero attached hydrogens (tertiary/aromatic N) is 1. The number of aromatic nitrogens is 1. The smallest absolute Gasteiger partial charge is 0.178 e. The molecular formula is C7H7NO. The number of carbonyl (C=O) groups is 1. The van der Waals surface area contributed by atoms with E-state index in [1.54, 1.807) is 0 Å². The number of rotatable bonds is 1. The molecule has 0 bridgehead atoms. The summed E-state index contributed by atoms with van der Waals surface area (Å²) in [6.07, 6.45) is -0.574. The number of hydrogen-bond acceptors (Lipinski definition) is 2. The maximum Gasteiger partial charge on any atom is 0.178 e. The van der Waals surface area contributed by atoms with Crippen LogP contribution in [-0.2, 0) is 0 Å². The Labute approximate surface area is 62.0 Å². The highest BCUT2D eigenvalue weighted by Gasteiger charge is 1.94. The first-order valence-corrected chi connectivity index (χ1v) is 2.23. The lowest BCUT2D eigenvalue weighted by atomic mass is 10.3. The minimum atomic E-state index is -2.84. The van der Waals surface area contributed by atoms with Gasteiger partial charge in [-0.15, -0.1) is 0 Å². The average Bonchev–Trinajstić information content (AvgIpc) is 2.10. The summed E-state index contributed by atoms with van der Waals surface area (Å²) in [5.74, 6) is -1.22. The average molecular weight is 127 g/mol. The number of pyridine rings is 1. The Hall–Kier alpha value is -1.18. The van der Waals surface area contributed by atoms with Crippen LogP contribution in [0.3, 0.4) is 0 Å². The molecule has 0 atom stereocenters. The topological polar surface area (TPSA) is 30.0 Å². The van der Waals surface area contributed by atoms with Crippen LogP contribution in [0.1, 0.15) is 25.6 Å². The first-order valence-electron chi connectivity index (χ1n) is 5.23. The van der Waals surface area contributed by atoms with Crippen LogP contribution in [0.4, 0.5) is 0 Å². The van der Waals surface area contributed by atoms with Gasteiger partial charge in [-0.1, -0.05) is 6.04 Å². The molecule has 46 valence electrons. The van der Waals surface area contributed by atoms with Crippen molar-refractivity contribution in [3.63, 3.8) is 0 Å². The fraction of sp³-hybridized carbons (Fsp3) is 0.143. The molecule has 0 fully saturated rings. The second-order valence-electron chi connectivity index (χ2n) is 1.35. The quantitative estimate of drug-likeness (QED) is 0.532. The minimum Gasteiger partial charge on any atom is -0.293 e. The predicted molar refractivity (Wildman–Crippen MR) is 34.2 cm³/mol. The molecule has 1 rings (SSSR count). The third kappa shape index (κ3) is 1.35. The molecule has 0 aliphatic heterocycles. The Bertz CT molecular complexity index is 389. The normalized spacial score (nSPS) is 20.0. The number of hydrogen-bond donors (Lipinski definition) is 0. The van der Waals surface area contributed by atoms with Gasteiger partial charge in [0.05, 0.1) is 4.11 Å². The van der Waals surface area contributed by atoms with Gasteiger partial charge in [0.15, 0.2) is 5.78 Å². The molecule has 0 aliphatic rings. The fourth-order valence-electron chi connectivity index (χ4n) is 0.373. The zero-order valence-electron chi connectivity index (χ0n) is 10.4. The van der Waals surface area contributed by atoms with E-state index in [1.807, 2.05) is 0 Å². The van der Waals surface area contributed by atoms with E-state index in [0.717, 1.165) is 6.07 Å². The molecule has 0 unspecified atom stereocenters. The van der Waals surface area contributed by atoms with Crippen molar-refractivity contribution in [2.24, 2.45) is 0 Å². The van der Waals surface area contributed by atoms with Crippen LogP contribution in [0.25, 0.3) is 0 Å². The molecule has 0 aliphatic carbocycles. The summed E-state index contributed by atoms with van der Waals surface area (Å²) in [6.45, 7) is -2.84. The van der Waals surface area contributed by atoms with Crippen molar-refractivity contribution >= 4 is 5.78 Å². The van der Waals surface area contributed by atoms with Gasteiger partial charge in [-0.3, -0.25) is 9.78 Å². The molecule has 0 saturated heterocycles. The van der Waals surface area contributed by atoms with Gasteiger partial charge in [-0.05, 0) is 12.1 Å². The van der Waals surface area contributed by atoms with E-state index in [-0.39, 0.29) is 6.04 Å². The van der Waals surface area contributed by atoms with Crippen molar-refractivity contribution in [3.8, 4) is 0 Å². The predicted octanol–water partition coefficient (Wildman–Crippen LogP) is 1.28. The van der Waals surface area contributed by atoms with Gasteiger partial charge in [0, 0.05) is 17.1 Å². The van der Waals surface area contributed by atoms with Gasteiger partial charge < -0.3 is 0 Å². The van der Waals surface area contributed by atoms with E-state index in [0.29, 0.717) is 0 Å². The number of carbonyl (C=O) groups excluding carboxylic acids is 1. The fourth-order valence-corrected chi connectivity index (χ4v) is 0.373. The van der Waals surface area contributed by atoms with E-state index < -0.39 is 30.5 Å². The van der Waals surface area contributed by atoms with Crippen molar-refractivity contribution < 1.29 is 13.0 Å². The van der Waals surface area contributed by atoms with E-state index in [1.165, 1.54) is 0 Å². The first-order chi connectivity index (χ1) is 6.73. The molecule has 0 N–H and O–H groups in total. The Morgan fingerprint density at radius 1 is 1.89 bits per heavy atom. The Kier molecular flexibility index (Phi) is 0.507.